The fourth-order valence-corrected chi connectivity index (χ4v) is 2.75. The van der Waals surface area contributed by atoms with Gasteiger partial charge in [0.15, 0.2) is 0 Å². The average molecular weight is 297 g/mol. The minimum Gasteiger partial charge on any atom is -0.366 e. The van der Waals surface area contributed by atoms with Crippen molar-refractivity contribution in [3.05, 3.63) is 41.9 Å². The van der Waals surface area contributed by atoms with E-state index in [0.717, 1.165) is 37.1 Å². The van der Waals surface area contributed by atoms with Crippen LogP contribution in [0.4, 0.5) is 11.8 Å². The first-order valence-corrected chi connectivity index (χ1v) is 8.05. The molecular weight excluding hydrogens is 274 g/mol. The van der Waals surface area contributed by atoms with Gasteiger partial charge in [-0.15, -0.1) is 0 Å². The van der Waals surface area contributed by atoms with Gasteiger partial charge in [-0.3, -0.25) is 4.98 Å². The molecule has 0 unspecified atom stereocenters. The van der Waals surface area contributed by atoms with E-state index in [-0.39, 0.29) is 0 Å². The SMILES string of the molecule is Cc1cc(NCc2ccncc2)nc(N2CCCCCC2)n1. The molecule has 3 rings (SSSR count). The number of hydrogen-bond acceptors (Lipinski definition) is 5. The lowest BCUT2D eigenvalue weighted by Gasteiger charge is -2.21. The second-order valence-corrected chi connectivity index (χ2v) is 5.80. The summed E-state index contributed by atoms with van der Waals surface area (Å²) >= 11 is 0. The molecule has 0 aliphatic carbocycles. The number of pyridine rings is 1. The summed E-state index contributed by atoms with van der Waals surface area (Å²) in [7, 11) is 0. The van der Waals surface area contributed by atoms with Crippen LogP contribution in [0.1, 0.15) is 36.9 Å². The summed E-state index contributed by atoms with van der Waals surface area (Å²) in [6.45, 7) is 4.90. The predicted octanol–water partition coefficient (Wildman–Crippen LogP) is 3.17. The molecule has 0 spiro atoms. The Bertz CT molecular complexity index is 591. The smallest absolute Gasteiger partial charge is 0.227 e. The van der Waals surface area contributed by atoms with Crippen LogP contribution in [0.2, 0.25) is 0 Å². The number of rotatable bonds is 4. The van der Waals surface area contributed by atoms with E-state index in [9.17, 15) is 0 Å². The zero-order chi connectivity index (χ0) is 15.2. The van der Waals surface area contributed by atoms with Crippen molar-refractivity contribution in [1.82, 2.24) is 15.0 Å². The molecule has 116 valence electrons. The summed E-state index contributed by atoms with van der Waals surface area (Å²) in [5.74, 6) is 1.75. The maximum atomic E-state index is 4.70. The van der Waals surface area contributed by atoms with Crippen molar-refractivity contribution >= 4 is 11.8 Å². The minimum atomic E-state index is 0.748. The van der Waals surface area contributed by atoms with Gasteiger partial charge in [0.1, 0.15) is 5.82 Å². The zero-order valence-corrected chi connectivity index (χ0v) is 13.1. The van der Waals surface area contributed by atoms with Gasteiger partial charge in [-0.25, -0.2) is 4.98 Å². The molecule has 1 N–H and O–H groups in total. The first-order chi connectivity index (χ1) is 10.8. The summed E-state index contributed by atoms with van der Waals surface area (Å²) < 4.78 is 0. The molecule has 5 heteroatoms. The second-order valence-electron chi connectivity index (χ2n) is 5.80. The Kier molecular flexibility index (Phi) is 4.83. The third-order valence-electron chi connectivity index (χ3n) is 3.95. The quantitative estimate of drug-likeness (QED) is 0.939. The molecule has 0 bridgehead atoms. The molecular formula is C17H23N5. The molecule has 1 fully saturated rings. The monoisotopic (exact) mass is 297 g/mol. The lowest BCUT2D eigenvalue weighted by atomic mass is 10.2. The molecule has 1 aliphatic heterocycles. The molecule has 0 aromatic carbocycles. The third-order valence-corrected chi connectivity index (χ3v) is 3.95. The summed E-state index contributed by atoms with van der Waals surface area (Å²) in [4.78, 5) is 15.7. The minimum absolute atomic E-state index is 0.748. The molecule has 1 aliphatic rings. The van der Waals surface area contributed by atoms with E-state index >= 15 is 0 Å². The molecule has 2 aromatic heterocycles. The highest BCUT2D eigenvalue weighted by Gasteiger charge is 2.13. The van der Waals surface area contributed by atoms with Crippen LogP contribution in [0.25, 0.3) is 0 Å². The summed E-state index contributed by atoms with van der Waals surface area (Å²) in [5.41, 5.74) is 2.20. The predicted molar refractivity (Wildman–Crippen MR) is 89.0 cm³/mol. The standard InChI is InChI=1S/C17H23N5/c1-14-12-16(19-13-15-6-8-18-9-7-15)21-17(20-14)22-10-4-2-3-5-11-22/h6-9,12H,2-5,10-11,13H2,1H3,(H,19,20,21). The van der Waals surface area contributed by atoms with Gasteiger partial charge in [0.2, 0.25) is 5.95 Å². The average Bonchev–Trinajstić information content (AvgIpc) is 2.83. The van der Waals surface area contributed by atoms with Gasteiger partial charge in [-0.05, 0) is 37.5 Å². The van der Waals surface area contributed by atoms with Gasteiger partial charge in [0, 0.05) is 43.8 Å². The van der Waals surface area contributed by atoms with E-state index in [0.29, 0.717) is 0 Å². The maximum Gasteiger partial charge on any atom is 0.227 e. The number of nitrogens with zero attached hydrogens (tertiary/aromatic N) is 4. The Morgan fingerprint density at radius 2 is 1.77 bits per heavy atom. The Balaban J connectivity index is 1.71. The van der Waals surface area contributed by atoms with Crippen molar-refractivity contribution < 1.29 is 0 Å². The van der Waals surface area contributed by atoms with Crippen LogP contribution in [0, 0.1) is 6.92 Å². The molecule has 0 atom stereocenters. The molecule has 5 nitrogen and oxygen atoms in total. The third kappa shape index (κ3) is 3.93. The highest BCUT2D eigenvalue weighted by atomic mass is 15.3. The molecule has 1 saturated heterocycles. The summed E-state index contributed by atoms with van der Waals surface area (Å²) in [6, 6.07) is 6.02. The van der Waals surface area contributed by atoms with Gasteiger partial charge >= 0.3 is 0 Å². The maximum absolute atomic E-state index is 4.70. The Labute approximate surface area is 131 Å². The van der Waals surface area contributed by atoms with Crippen molar-refractivity contribution in [3.63, 3.8) is 0 Å². The van der Waals surface area contributed by atoms with Crippen LogP contribution in [0.5, 0.6) is 0 Å². The Morgan fingerprint density at radius 3 is 2.50 bits per heavy atom. The molecule has 0 radical (unpaired) electrons. The lowest BCUT2D eigenvalue weighted by Crippen LogP contribution is -2.26. The number of nitrogens with one attached hydrogen (secondary N) is 1. The highest BCUT2D eigenvalue weighted by Crippen LogP contribution is 2.18. The molecule has 0 amide bonds. The summed E-state index contributed by atoms with van der Waals surface area (Å²) in [6.07, 6.45) is 8.72. The summed E-state index contributed by atoms with van der Waals surface area (Å²) in [5, 5.41) is 3.39. The molecule has 0 saturated carbocycles. The van der Waals surface area contributed by atoms with E-state index in [4.69, 9.17) is 4.98 Å². The largest absolute Gasteiger partial charge is 0.366 e. The van der Waals surface area contributed by atoms with Crippen LogP contribution in [0.3, 0.4) is 0 Å². The number of hydrogen-bond donors (Lipinski definition) is 1. The highest BCUT2D eigenvalue weighted by molar-refractivity contribution is 5.44. The van der Waals surface area contributed by atoms with Gasteiger partial charge in [0.25, 0.3) is 0 Å². The van der Waals surface area contributed by atoms with Crippen molar-refractivity contribution in [3.8, 4) is 0 Å². The van der Waals surface area contributed by atoms with Gasteiger partial charge in [-0.1, -0.05) is 12.8 Å². The zero-order valence-electron chi connectivity index (χ0n) is 13.1. The van der Waals surface area contributed by atoms with Crippen molar-refractivity contribution in [1.29, 1.82) is 0 Å². The van der Waals surface area contributed by atoms with E-state index in [2.05, 4.69) is 20.2 Å². The van der Waals surface area contributed by atoms with Gasteiger partial charge in [-0.2, -0.15) is 4.98 Å². The van der Waals surface area contributed by atoms with Crippen LogP contribution < -0.4 is 10.2 Å². The molecule has 3 heterocycles. The lowest BCUT2D eigenvalue weighted by molar-refractivity contribution is 0.726. The molecule has 2 aromatic rings. The normalized spacial score (nSPS) is 15.4. The van der Waals surface area contributed by atoms with Crippen LogP contribution in [0.15, 0.2) is 30.6 Å². The number of aryl methyl sites for hydroxylation is 1. The van der Waals surface area contributed by atoms with Crippen LogP contribution >= 0.6 is 0 Å². The van der Waals surface area contributed by atoms with Crippen molar-refractivity contribution in [2.45, 2.75) is 39.2 Å². The first-order valence-electron chi connectivity index (χ1n) is 8.05. The Hall–Kier alpha value is -2.17. The van der Waals surface area contributed by atoms with E-state index < -0.39 is 0 Å². The number of aromatic nitrogens is 3. The van der Waals surface area contributed by atoms with E-state index in [1.807, 2.05) is 37.5 Å². The van der Waals surface area contributed by atoms with E-state index in [1.54, 1.807) is 0 Å². The van der Waals surface area contributed by atoms with Gasteiger partial charge < -0.3 is 10.2 Å². The number of anilines is 2. The van der Waals surface area contributed by atoms with Crippen molar-refractivity contribution in [2.24, 2.45) is 0 Å². The Morgan fingerprint density at radius 1 is 1.05 bits per heavy atom. The molecule has 22 heavy (non-hydrogen) atoms. The van der Waals surface area contributed by atoms with E-state index in [1.165, 1.54) is 31.2 Å². The fourth-order valence-electron chi connectivity index (χ4n) is 2.75. The van der Waals surface area contributed by atoms with Crippen LogP contribution in [-0.2, 0) is 6.54 Å². The second kappa shape index (κ2) is 7.20. The van der Waals surface area contributed by atoms with Gasteiger partial charge in [0.05, 0.1) is 0 Å². The van der Waals surface area contributed by atoms with Crippen LogP contribution in [-0.4, -0.2) is 28.0 Å². The topological polar surface area (TPSA) is 53.9 Å². The first kappa shape index (κ1) is 14.8. The van der Waals surface area contributed by atoms with Crippen molar-refractivity contribution in [2.75, 3.05) is 23.3 Å². The fraction of sp³-hybridized carbons (Fsp3) is 0.471.